The predicted molar refractivity (Wildman–Crippen MR) is 77.7 cm³/mol. The second-order valence-corrected chi connectivity index (χ2v) is 4.99. The van der Waals surface area contributed by atoms with Crippen LogP contribution in [0.4, 0.5) is 5.69 Å². The van der Waals surface area contributed by atoms with Gasteiger partial charge < -0.3 is 15.8 Å². The monoisotopic (exact) mass is 287 g/mol. The number of hydrogen-bond acceptors (Lipinski definition) is 5. The van der Waals surface area contributed by atoms with E-state index in [-0.39, 0.29) is 6.61 Å². The normalized spacial score (nSPS) is 9.75. The predicted octanol–water partition coefficient (Wildman–Crippen LogP) is 2.36. The van der Waals surface area contributed by atoms with Gasteiger partial charge in [0.1, 0.15) is 11.8 Å². The van der Waals surface area contributed by atoms with Crippen LogP contribution in [0.5, 0.6) is 5.75 Å². The number of amides is 1. The first-order valence-corrected chi connectivity index (χ1v) is 6.78. The second-order valence-electron chi connectivity index (χ2n) is 3.99. The lowest BCUT2D eigenvalue weighted by Gasteiger charge is -2.06. The highest BCUT2D eigenvalue weighted by molar-refractivity contribution is 7.10. The van der Waals surface area contributed by atoms with Crippen LogP contribution in [0.2, 0.25) is 0 Å². The number of primary amides is 1. The van der Waals surface area contributed by atoms with Crippen molar-refractivity contribution in [3.63, 3.8) is 0 Å². The molecule has 0 saturated carbocycles. The molecular formula is C14H13N3O2S. The summed E-state index contributed by atoms with van der Waals surface area (Å²) < 4.78 is 5.16. The van der Waals surface area contributed by atoms with Gasteiger partial charge in [-0.25, -0.2) is 0 Å². The molecule has 2 rings (SSSR count). The Labute approximate surface area is 120 Å². The van der Waals surface area contributed by atoms with Gasteiger partial charge in [-0.1, -0.05) is 0 Å². The summed E-state index contributed by atoms with van der Waals surface area (Å²) in [5, 5.41) is 13.4. The van der Waals surface area contributed by atoms with Gasteiger partial charge in [-0.15, -0.1) is 11.3 Å². The van der Waals surface area contributed by atoms with E-state index in [2.05, 4.69) is 5.32 Å². The Kier molecular flexibility index (Phi) is 4.58. The quantitative estimate of drug-likeness (QED) is 0.853. The van der Waals surface area contributed by atoms with Gasteiger partial charge in [-0.3, -0.25) is 4.79 Å². The van der Waals surface area contributed by atoms with Gasteiger partial charge in [0.2, 0.25) is 5.91 Å². The Morgan fingerprint density at radius 2 is 2.15 bits per heavy atom. The minimum Gasteiger partial charge on any atom is -0.479 e. The zero-order chi connectivity index (χ0) is 14.4. The second kappa shape index (κ2) is 6.59. The molecule has 102 valence electrons. The average Bonchev–Trinajstić information content (AvgIpc) is 2.93. The topological polar surface area (TPSA) is 88.1 Å². The van der Waals surface area contributed by atoms with Gasteiger partial charge in [0.05, 0.1) is 5.56 Å². The van der Waals surface area contributed by atoms with Crippen LogP contribution in [0.1, 0.15) is 15.2 Å². The zero-order valence-corrected chi connectivity index (χ0v) is 11.4. The smallest absolute Gasteiger partial charge is 0.249 e. The van der Waals surface area contributed by atoms with E-state index < -0.39 is 5.91 Å². The Hall–Kier alpha value is -2.52. The number of nitriles is 1. The number of nitrogens with two attached hydrogens (primary N) is 1. The number of carbonyl (C=O) groups excluding carboxylic acids is 1. The van der Waals surface area contributed by atoms with Gasteiger partial charge in [-0.05, 0) is 30.3 Å². The molecule has 5 nitrogen and oxygen atoms in total. The fourth-order valence-electron chi connectivity index (χ4n) is 1.58. The summed E-state index contributed by atoms with van der Waals surface area (Å²) in [7, 11) is 0. The minimum atomic E-state index is -0.411. The third-order valence-corrected chi connectivity index (χ3v) is 3.50. The number of nitrogens with zero attached hydrogens (tertiary/aromatic N) is 1. The van der Waals surface area contributed by atoms with E-state index >= 15 is 0 Å². The van der Waals surface area contributed by atoms with E-state index in [1.54, 1.807) is 23.6 Å². The maximum absolute atomic E-state index is 11.0. The molecule has 2 aromatic rings. The van der Waals surface area contributed by atoms with Crippen molar-refractivity contribution in [3.8, 4) is 11.8 Å². The standard InChI is InChI=1S/C14H13N3O2S/c15-5-6-19-12-3-1-11(2-4-12)17-8-13-7-10(9-20-13)14(16)18/h1-4,7,9,17H,6,8H2,(H2,16,18). The molecule has 6 heteroatoms. The van der Waals surface area contributed by atoms with Crippen LogP contribution in [-0.4, -0.2) is 12.5 Å². The number of hydrogen-bond donors (Lipinski definition) is 2. The van der Waals surface area contributed by atoms with E-state index in [1.807, 2.05) is 18.2 Å². The van der Waals surface area contributed by atoms with Gasteiger partial charge >= 0.3 is 0 Å². The summed E-state index contributed by atoms with van der Waals surface area (Å²) in [5.74, 6) is 0.246. The lowest BCUT2D eigenvalue weighted by atomic mass is 10.3. The first-order chi connectivity index (χ1) is 9.69. The van der Waals surface area contributed by atoms with Crippen LogP contribution in [0.3, 0.4) is 0 Å². The van der Waals surface area contributed by atoms with Crippen LogP contribution in [0.15, 0.2) is 35.7 Å². The molecule has 1 aromatic carbocycles. The van der Waals surface area contributed by atoms with E-state index in [9.17, 15) is 4.79 Å². The van der Waals surface area contributed by atoms with Crippen molar-refractivity contribution < 1.29 is 9.53 Å². The van der Waals surface area contributed by atoms with Gasteiger partial charge in [0, 0.05) is 22.5 Å². The molecule has 0 spiro atoms. The van der Waals surface area contributed by atoms with Crippen molar-refractivity contribution in [2.24, 2.45) is 5.73 Å². The Morgan fingerprint density at radius 1 is 1.40 bits per heavy atom. The average molecular weight is 287 g/mol. The van der Waals surface area contributed by atoms with Gasteiger partial charge in [-0.2, -0.15) is 5.26 Å². The number of ether oxygens (including phenoxy) is 1. The van der Waals surface area contributed by atoms with Crippen LogP contribution < -0.4 is 15.8 Å². The van der Waals surface area contributed by atoms with E-state index in [4.69, 9.17) is 15.7 Å². The number of benzene rings is 1. The van der Waals surface area contributed by atoms with Crippen molar-refractivity contribution in [1.29, 1.82) is 5.26 Å². The maximum atomic E-state index is 11.0. The first kappa shape index (κ1) is 13.9. The van der Waals surface area contributed by atoms with Crippen LogP contribution in [0.25, 0.3) is 0 Å². The molecule has 20 heavy (non-hydrogen) atoms. The van der Waals surface area contributed by atoms with Gasteiger partial charge in [0.25, 0.3) is 0 Å². The molecule has 3 N–H and O–H groups in total. The molecule has 0 aliphatic carbocycles. The Morgan fingerprint density at radius 3 is 2.75 bits per heavy atom. The van der Waals surface area contributed by atoms with E-state index in [0.29, 0.717) is 17.9 Å². The summed E-state index contributed by atoms with van der Waals surface area (Å²) in [4.78, 5) is 12.0. The van der Waals surface area contributed by atoms with Crippen LogP contribution in [-0.2, 0) is 6.54 Å². The molecule has 1 aromatic heterocycles. The highest BCUT2D eigenvalue weighted by Crippen LogP contribution is 2.19. The third-order valence-electron chi connectivity index (χ3n) is 2.56. The molecule has 0 bridgehead atoms. The van der Waals surface area contributed by atoms with Crippen LogP contribution in [0, 0.1) is 11.3 Å². The fraction of sp³-hybridized carbons (Fsp3) is 0.143. The molecule has 1 amide bonds. The molecule has 0 aliphatic rings. The SMILES string of the molecule is N#CCOc1ccc(NCc2cc(C(N)=O)cs2)cc1. The fourth-order valence-corrected chi connectivity index (χ4v) is 2.39. The lowest BCUT2D eigenvalue weighted by Crippen LogP contribution is -2.09. The zero-order valence-electron chi connectivity index (χ0n) is 10.6. The highest BCUT2D eigenvalue weighted by Gasteiger charge is 2.04. The summed E-state index contributed by atoms with van der Waals surface area (Å²) in [6, 6.07) is 11.0. The largest absolute Gasteiger partial charge is 0.479 e. The van der Waals surface area contributed by atoms with Gasteiger partial charge in [0.15, 0.2) is 6.61 Å². The molecule has 1 heterocycles. The third kappa shape index (κ3) is 3.73. The van der Waals surface area contributed by atoms with Crippen molar-refractivity contribution >= 4 is 22.9 Å². The number of carbonyl (C=O) groups is 1. The lowest BCUT2D eigenvalue weighted by molar-refractivity contribution is 0.100. The highest BCUT2D eigenvalue weighted by atomic mass is 32.1. The number of thiophene rings is 1. The van der Waals surface area contributed by atoms with Crippen molar-refractivity contribution in [2.75, 3.05) is 11.9 Å². The molecular weight excluding hydrogens is 274 g/mol. The molecule has 0 saturated heterocycles. The minimum absolute atomic E-state index is 0.0395. The molecule has 0 aliphatic heterocycles. The van der Waals surface area contributed by atoms with Crippen molar-refractivity contribution in [3.05, 3.63) is 46.2 Å². The molecule has 0 radical (unpaired) electrons. The van der Waals surface area contributed by atoms with Crippen molar-refractivity contribution in [2.45, 2.75) is 6.54 Å². The summed E-state index contributed by atoms with van der Waals surface area (Å²) in [6.07, 6.45) is 0. The number of anilines is 1. The van der Waals surface area contributed by atoms with Crippen LogP contribution >= 0.6 is 11.3 Å². The summed E-state index contributed by atoms with van der Waals surface area (Å²) >= 11 is 1.49. The molecule has 0 fully saturated rings. The number of nitrogens with one attached hydrogen (secondary N) is 1. The molecule has 0 atom stereocenters. The number of rotatable bonds is 6. The van der Waals surface area contributed by atoms with E-state index in [0.717, 1.165) is 10.6 Å². The molecule has 0 unspecified atom stereocenters. The summed E-state index contributed by atoms with van der Waals surface area (Å²) in [5.41, 5.74) is 6.67. The van der Waals surface area contributed by atoms with Crippen molar-refractivity contribution in [1.82, 2.24) is 0 Å². The first-order valence-electron chi connectivity index (χ1n) is 5.90. The Bertz CT molecular complexity index is 629. The maximum Gasteiger partial charge on any atom is 0.249 e. The summed E-state index contributed by atoms with van der Waals surface area (Å²) in [6.45, 7) is 0.661. The van der Waals surface area contributed by atoms with E-state index in [1.165, 1.54) is 11.3 Å². The Balaban J connectivity index is 1.90.